The second kappa shape index (κ2) is 12.8. The minimum absolute atomic E-state index is 0.0185. The van der Waals surface area contributed by atoms with Crippen LogP contribution in [0.25, 0.3) is 0 Å². The molecular weight excluding hydrogens is 484 g/mol. The van der Waals surface area contributed by atoms with Crippen molar-refractivity contribution in [3.8, 4) is 12.3 Å². The van der Waals surface area contributed by atoms with Gasteiger partial charge in [0, 0.05) is 17.1 Å². The smallest absolute Gasteiger partial charge is 0.408 e. The Morgan fingerprint density at radius 3 is 2.21 bits per heavy atom. The molecule has 0 aromatic heterocycles. The molecule has 4 amide bonds. The van der Waals surface area contributed by atoms with Crippen LogP contribution in [-0.4, -0.2) is 51.9 Å². The van der Waals surface area contributed by atoms with E-state index in [4.69, 9.17) is 16.9 Å². The zero-order valence-corrected chi connectivity index (χ0v) is 23.4. The second-order valence-corrected chi connectivity index (χ2v) is 11.7. The Kier molecular flexibility index (Phi) is 10.3. The third-order valence-corrected chi connectivity index (χ3v) is 6.22. The number of terminal acetylenes is 1. The molecule has 0 saturated heterocycles. The molecule has 1 fully saturated rings. The van der Waals surface area contributed by atoms with Gasteiger partial charge in [0.05, 0.1) is 6.42 Å². The summed E-state index contributed by atoms with van der Waals surface area (Å²) in [6.45, 7) is 10.4. The number of nitrogens with one attached hydrogen (secondary N) is 2. The van der Waals surface area contributed by atoms with E-state index in [-0.39, 0.29) is 11.9 Å². The number of amides is 4. The monoisotopic (exact) mass is 526 g/mol. The molecule has 2 atom stereocenters. The number of nitrogens with zero attached hydrogens (tertiary/aromatic N) is 1. The highest BCUT2D eigenvalue weighted by Gasteiger charge is 2.43. The van der Waals surface area contributed by atoms with Crippen LogP contribution in [0.15, 0.2) is 24.3 Å². The van der Waals surface area contributed by atoms with Gasteiger partial charge < -0.3 is 26.0 Å². The molecular formula is C29H42N4O5. The molecule has 0 bridgehead atoms. The first kappa shape index (κ1) is 30.7. The van der Waals surface area contributed by atoms with Crippen molar-refractivity contribution < 1.29 is 23.9 Å². The summed E-state index contributed by atoms with van der Waals surface area (Å²) in [6.07, 6.45) is 9.28. The molecule has 1 saturated carbocycles. The normalized spacial score (nSPS) is 15.9. The van der Waals surface area contributed by atoms with Crippen LogP contribution in [0.1, 0.15) is 97.2 Å². The average Bonchev–Trinajstić information content (AvgIpc) is 2.80. The number of nitrogens with two attached hydrogens (primary N) is 1. The number of hydrogen-bond acceptors (Lipinski definition) is 5. The summed E-state index contributed by atoms with van der Waals surface area (Å²) in [4.78, 5) is 54.0. The first-order valence-corrected chi connectivity index (χ1v) is 13.1. The van der Waals surface area contributed by atoms with Crippen LogP contribution in [0, 0.1) is 12.3 Å². The van der Waals surface area contributed by atoms with Crippen molar-refractivity contribution in [3.63, 3.8) is 0 Å². The molecule has 4 N–H and O–H groups in total. The van der Waals surface area contributed by atoms with Gasteiger partial charge in [-0.2, -0.15) is 0 Å². The maximum Gasteiger partial charge on any atom is 0.408 e. The zero-order chi connectivity index (χ0) is 28.7. The minimum Gasteiger partial charge on any atom is -0.444 e. The van der Waals surface area contributed by atoms with Gasteiger partial charge in [0.15, 0.2) is 0 Å². The average molecular weight is 527 g/mol. The summed E-state index contributed by atoms with van der Waals surface area (Å²) in [6, 6.07) is 4.45. The van der Waals surface area contributed by atoms with Crippen molar-refractivity contribution in [1.29, 1.82) is 0 Å². The molecule has 1 aliphatic rings. The van der Waals surface area contributed by atoms with Gasteiger partial charge in [-0.05, 0) is 66.0 Å². The van der Waals surface area contributed by atoms with Crippen molar-refractivity contribution in [2.45, 2.75) is 109 Å². The van der Waals surface area contributed by atoms with Gasteiger partial charge in [0.25, 0.3) is 0 Å². The molecule has 2 rings (SSSR count). The van der Waals surface area contributed by atoms with E-state index in [0.29, 0.717) is 11.1 Å². The fourth-order valence-corrected chi connectivity index (χ4v) is 4.66. The summed E-state index contributed by atoms with van der Waals surface area (Å²) in [5, 5.41) is 5.61. The Morgan fingerprint density at radius 1 is 1.08 bits per heavy atom. The highest BCUT2D eigenvalue weighted by molar-refractivity contribution is 5.95. The van der Waals surface area contributed by atoms with Gasteiger partial charge in [0.1, 0.15) is 17.7 Å². The summed E-state index contributed by atoms with van der Waals surface area (Å²) in [5.41, 5.74) is 4.64. The number of hydrogen-bond donors (Lipinski definition) is 3. The molecule has 0 radical (unpaired) electrons. The van der Waals surface area contributed by atoms with E-state index < -0.39 is 47.6 Å². The van der Waals surface area contributed by atoms with Crippen LogP contribution in [0.4, 0.5) is 4.79 Å². The Bertz CT molecular complexity index is 1060. The number of rotatable bonds is 8. The van der Waals surface area contributed by atoms with Crippen molar-refractivity contribution in [2.24, 2.45) is 5.73 Å². The van der Waals surface area contributed by atoms with E-state index in [0.717, 1.165) is 32.1 Å². The molecule has 208 valence electrons. The van der Waals surface area contributed by atoms with Crippen LogP contribution < -0.4 is 16.4 Å². The number of ether oxygens (including phenoxy) is 1. The SMILES string of the molecule is C#Cc1ccccc1C(C(=O)NC1CCCCC1)N(C(=O)C(CC(N)=O)NC(=O)OC(C)(C)C)C(C)(C)C. The van der Waals surface area contributed by atoms with E-state index >= 15 is 0 Å². The quantitative estimate of drug-likeness (QED) is 0.446. The fraction of sp³-hybridized carbons (Fsp3) is 0.586. The molecule has 9 nitrogen and oxygen atoms in total. The van der Waals surface area contributed by atoms with E-state index in [2.05, 4.69) is 16.6 Å². The zero-order valence-electron chi connectivity index (χ0n) is 23.4. The number of alkyl carbamates (subject to hydrolysis) is 1. The number of primary amides is 1. The lowest BCUT2D eigenvalue weighted by atomic mass is 9.91. The highest BCUT2D eigenvalue weighted by Crippen LogP contribution is 2.33. The van der Waals surface area contributed by atoms with Crippen molar-refractivity contribution in [3.05, 3.63) is 35.4 Å². The van der Waals surface area contributed by atoms with Crippen molar-refractivity contribution in [2.75, 3.05) is 0 Å². The van der Waals surface area contributed by atoms with Gasteiger partial charge in [-0.15, -0.1) is 6.42 Å². The van der Waals surface area contributed by atoms with E-state index in [1.54, 1.807) is 65.8 Å². The van der Waals surface area contributed by atoms with Gasteiger partial charge in [0.2, 0.25) is 17.7 Å². The largest absolute Gasteiger partial charge is 0.444 e. The lowest BCUT2D eigenvalue weighted by Gasteiger charge is -2.43. The van der Waals surface area contributed by atoms with Gasteiger partial charge >= 0.3 is 6.09 Å². The van der Waals surface area contributed by atoms with E-state index in [9.17, 15) is 19.2 Å². The topological polar surface area (TPSA) is 131 Å². The molecule has 0 spiro atoms. The highest BCUT2D eigenvalue weighted by atomic mass is 16.6. The first-order chi connectivity index (χ1) is 17.6. The Labute approximate surface area is 226 Å². The first-order valence-electron chi connectivity index (χ1n) is 13.1. The third kappa shape index (κ3) is 8.79. The maximum absolute atomic E-state index is 14.2. The maximum atomic E-state index is 14.2. The molecule has 0 aliphatic heterocycles. The van der Waals surface area contributed by atoms with E-state index in [1.807, 2.05) is 0 Å². The molecule has 9 heteroatoms. The Hall–Kier alpha value is -3.54. The van der Waals surface area contributed by atoms with Crippen LogP contribution in [0.2, 0.25) is 0 Å². The van der Waals surface area contributed by atoms with Crippen LogP contribution >= 0.6 is 0 Å². The number of benzene rings is 1. The predicted octanol–water partition coefficient (Wildman–Crippen LogP) is 3.55. The molecule has 38 heavy (non-hydrogen) atoms. The second-order valence-electron chi connectivity index (χ2n) is 11.7. The van der Waals surface area contributed by atoms with Crippen molar-refractivity contribution in [1.82, 2.24) is 15.5 Å². The standard InChI is InChI=1S/C29H42N4O5/c1-8-19-14-12-13-17-21(19)24(25(35)31-20-15-10-9-11-16-20)33(28(2,3)4)26(36)22(18-23(30)34)32-27(37)38-29(5,6)7/h1,12-14,17,20,22,24H,9-11,15-16,18H2,2-7H3,(H2,30,34)(H,31,35)(H,32,37). The van der Waals surface area contributed by atoms with Crippen LogP contribution in [0.5, 0.6) is 0 Å². The predicted molar refractivity (Wildman–Crippen MR) is 146 cm³/mol. The summed E-state index contributed by atoms with van der Waals surface area (Å²) < 4.78 is 5.32. The number of carbonyl (C=O) groups excluding carboxylic acids is 4. The lowest BCUT2D eigenvalue weighted by Crippen LogP contribution is -2.59. The van der Waals surface area contributed by atoms with Gasteiger partial charge in [-0.1, -0.05) is 43.4 Å². The van der Waals surface area contributed by atoms with Crippen LogP contribution in [-0.2, 0) is 19.1 Å². The minimum atomic E-state index is -1.36. The van der Waals surface area contributed by atoms with Gasteiger partial charge in [-0.25, -0.2) is 4.79 Å². The Morgan fingerprint density at radius 2 is 1.68 bits per heavy atom. The fourth-order valence-electron chi connectivity index (χ4n) is 4.66. The summed E-state index contributed by atoms with van der Waals surface area (Å²) in [5.74, 6) is 0.794. The molecule has 1 aliphatic carbocycles. The Balaban J connectivity index is 2.58. The number of carbonyl (C=O) groups is 4. The third-order valence-electron chi connectivity index (χ3n) is 6.22. The lowest BCUT2D eigenvalue weighted by molar-refractivity contribution is -0.149. The molecule has 0 heterocycles. The van der Waals surface area contributed by atoms with Crippen molar-refractivity contribution >= 4 is 23.8 Å². The van der Waals surface area contributed by atoms with Crippen LogP contribution in [0.3, 0.4) is 0 Å². The molecule has 1 aromatic carbocycles. The molecule has 1 aromatic rings. The molecule has 2 unspecified atom stereocenters. The summed E-state index contributed by atoms with van der Waals surface area (Å²) in [7, 11) is 0. The van der Waals surface area contributed by atoms with E-state index in [1.165, 1.54) is 4.90 Å². The van der Waals surface area contributed by atoms with Gasteiger partial charge in [-0.3, -0.25) is 14.4 Å². The summed E-state index contributed by atoms with van der Waals surface area (Å²) >= 11 is 0.